The highest BCUT2D eigenvalue weighted by atomic mass is 32.2. The highest BCUT2D eigenvalue weighted by Gasteiger charge is 2.28. The summed E-state index contributed by atoms with van der Waals surface area (Å²) in [5.41, 5.74) is 2.39. The van der Waals surface area contributed by atoms with Crippen molar-refractivity contribution in [1.29, 1.82) is 0 Å². The fraction of sp³-hybridized carbons (Fsp3) is 0.474. The maximum absolute atomic E-state index is 13.8. The zero-order valence-corrected chi connectivity index (χ0v) is 15.9. The van der Waals surface area contributed by atoms with Gasteiger partial charge in [0.05, 0.1) is 0 Å². The third kappa shape index (κ3) is 3.82. The third-order valence-electron chi connectivity index (χ3n) is 5.34. The van der Waals surface area contributed by atoms with Gasteiger partial charge in [-0.1, -0.05) is 12.1 Å². The minimum Gasteiger partial charge on any atom is -0.356 e. The minimum absolute atomic E-state index is 0.205. The van der Waals surface area contributed by atoms with Crippen LogP contribution in [0.5, 0.6) is 0 Å². The van der Waals surface area contributed by atoms with Gasteiger partial charge in [-0.25, -0.2) is 27.5 Å². The van der Waals surface area contributed by atoms with Crippen LogP contribution in [-0.4, -0.2) is 37.5 Å². The summed E-state index contributed by atoms with van der Waals surface area (Å²) in [7, 11) is -3.86. The number of aryl methyl sites for hydroxylation is 1. The molecule has 0 unspecified atom stereocenters. The van der Waals surface area contributed by atoms with Gasteiger partial charge in [0.2, 0.25) is 10.0 Å². The molecule has 0 atom stereocenters. The average Bonchev–Trinajstić information content (AvgIpc) is 2.68. The molecule has 0 saturated carbocycles. The number of anilines is 1. The van der Waals surface area contributed by atoms with Crippen LogP contribution in [0.15, 0.2) is 35.5 Å². The summed E-state index contributed by atoms with van der Waals surface area (Å²) in [4.78, 5) is 10.8. The van der Waals surface area contributed by atoms with Gasteiger partial charge in [-0.3, -0.25) is 0 Å². The Bertz CT molecular complexity index is 927. The lowest BCUT2D eigenvalue weighted by molar-refractivity contribution is 0.455. The van der Waals surface area contributed by atoms with Crippen LogP contribution in [0.3, 0.4) is 0 Å². The molecule has 4 rings (SSSR count). The molecule has 1 fully saturated rings. The van der Waals surface area contributed by atoms with Gasteiger partial charge in [0.1, 0.15) is 22.9 Å². The van der Waals surface area contributed by atoms with Gasteiger partial charge in [-0.2, -0.15) is 0 Å². The molecular formula is C19H23FN4O2S. The summed E-state index contributed by atoms with van der Waals surface area (Å²) in [6.45, 7) is 1.43. The van der Waals surface area contributed by atoms with Crippen molar-refractivity contribution < 1.29 is 12.8 Å². The van der Waals surface area contributed by atoms with Crippen LogP contribution in [0.25, 0.3) is 0 Å². The van der Waals surface area contributed by atoms with Gasteiger partial charge in [0.15, 0.2) is 0 Å². The van der Waals surface area contributed by atoms with E-state index in [-0.39, 0.29) is 10.9 Å². The van der Waals surface area contributed by atoms with Crippen LogP contribution in [0.2, 0.25) is 0 Å². The molecule has 2 aliphatic rings. The van der Waals surface area contributed by atoms with E-state index in [0.29, 0.717) is 25.9 Å². The number of aromatic nitrogens is 2. The summed E-state index contributed by atoms with van der Waals surface area (Å²) in [6, 6.07) is 5.26. The van der Waals surface area contributed by atoms with Crippen LogP contribution in [0.1, 0.15) is 36.9 Å². The smallest absolute Gasteiger partial charge is 0.243 e. The number of hydrogen-bond acceptors (Lipinski definition) is 5. The summed E-state index contributed by atoms with van der Waals surface area (Å²) in [5, 5.41) is 0. The first kappa shape index (κ1) is 18.3. The lowest BCUT2D eigenvalue weighted by atomic mass is 9.95. The second-order valence-corrected chi connectivity index (χ2v) is 8.83. The minimum atomic E-state index is -3.86. The molecule has 2 aromatic rings. The molecule has 1 N–H and O–H groups in total. The number of fused-ring (bicyclic) bond motifs is 1. The largest absolute Gasteiger partial charge is 0.356 e. The third-order valence-corrected chi connectivity index (χ3v) is 6.90. The van der Waals surface area contributed by atoms with E-state index < -0.39 is 15.8 Å². The topological polar surface area (TPSA) is 75.2 Å². The first-order chi connectivity index (χ1) is 13.0. The average molecular weight is 390 g/mol. The Morgan fingerprint density at radius 3 is 2.59 bits per heavy atom. The van der Waals surface area contributed by atoms with Gasteiger partial charge in [0.25, 0.3) is 0 Å². The summed E-state index contributed by atoms with van der Waals surface area (Å²) in [6.07, 6.45) is 7.29. The quantitative estimate of drug-likeness (QED) is 0.868. The van der Waals surface area contributed by atoms with Crippen molar-refractivity contribution >= 4 is 15.8 Å². The number of nitrogens with zero attached hydrogens (tertiary/aromatic N) is 3. The molecule has 0 radical (unpaired) electrons. The predicted octanol–water partition coefficient (Wildman–Crippen LogP) is 2.44. The van der Waals surface area contributed by atoms with E-state index in [1.165, 1.54) is 30.2 Å². The lowest BCUT2D eigenvalue weighted by Gasteiger charge is -2.34. The molecular weight excluding hydrogens is 367 g/mol. The number of nitrogens with one attached hydrogen (secondary N) is 1. The van der Waals surface area contributed by atoms with Gasteiger partial charge >= 0.3 is 0 Å². The van der Waals surface area contributed by atoms with E-state index in [0.717, 1.165) is 36.8 Å². The second kappa shape index (κ2) is 7.52. The number of sulfonamides is 1. The fourth-order valence-electron chi connectivity index (χ4n) is 3.93. The molecule has 0 spiro atoms. The summed E-state index contributed by atoms with van der Waals surface area (Å²) < 4.78 is 41.5. The van der Waals surface area contributed by atoms with Crippen LogP contribution in [-0.2, 0) is 22.9 Å². The maximum Gasteiger partial charge on any atom is 0.243 e. The molecule has 1 aromatic heterocycles. The zero-order valence-electron chi connectivity index (χ0n) is 15.1. The normalized spacial score (nSPS) is 18.3. The molecule has 144 valence electrons. The molecule has 1 aliphatic carbocycles. The number of piperidine rings is 1. The number of halogens is 1. The van der Waals surface area contributed by atoms with Crippen molar-refractivity contribution in [3.63, 3.8) is 0 Å². The maximum atomic E-state index is 13.8. The van der Waals surface area contributed by atoms with Gasteiger partial charge in [0, 0.05) is 30.4 Å². The fourth-order valence-corrected chi connectivity index (χ4v) is 5.32. The Morgan fingerprint density at radius 1 is 1.07 bits per heavy atom. The Labute approximate surface area is 158 Å². The molecule has 1 aromatic carbocycles. The Balaban J connectivity index is 1.43. The number of benzene rings is 1. The Kier molecular flexibility index (Phi) is 5.10. The van der Waals surface area contributed by atoms with E-state index in [9.17, 15) is 12.8 Å². The van der Waals surface area contributed by atoms with Gasteiger partial charge in [-0.05, 0) is 50.7 Å². The van der Waals surface area contributed by atoms with Crippen LogP contribution in [0.4, 0.5) is 10.2 Å². The van der Waals surface area contributed by atoms with Crippen molar-refractivity contribution in [3.8, 4) is 0 Å². The molecule has 2 heterocycles. The highest BCUT2D eigenvalue weighted by Crippen LogP contribution is 2.29. The SMILES string of the molecule is O=S(=O)(NC1CCN(c2ncnc3c2CCCC3)CC1)c1ccccc1F. The van der Waals surface area contributed by atoms with Gasteiger partial charge in [-0.15, -0.1) is 0 Å². The van der Waals surface area contributed by atoms with Crippen molar-refractivity contribution in [2.45, 2.75) is 49.5 Å². The lowest BCUT2D eigenvalue weighted by Crippen LogP contribution is -2.45. The standard InChI is InChI=1S/C19H23FN4O2S/c20-16-6-2-4-8-18(16)27(25,26)23-14-9-11-24(12-10-14)19-15-5-1-3-7-17(15)21-13-22-19/h2,4,6,8,13-14,23H,1,3,5,7,9-12H2. The van der Waals surface area contributed by atoms with Crippen LogP contribution < -0.4 is 9.62 Å². The first-order valence-electron chi connectivity index (χ1n) is 9.39. The van der Waals surface area contributed by atoms with Crippen molar-refractivity contribution in [3.05, 3.63) is 47.7 Å². The van der Waals surface area contributed by atoms with Crippen molar-refractivity contribution in [2.24, 2.45) is 0 Å². The van der Waals surface area contributed by atoms with E-state index in [1.54, 1.807) is 6.33 Å². The highest BCUT2D eigenvalue weighted by molar-refractivity contribution is 7.89. The van der Waals surface area contributed by atoms with E-state index in [2.05, 4.69) is 19.6 Å². The molecule has 1 saturated heterocycles. The summed E-state index contributed by atoms with van der Waals surface area (Å²) >= 11 is 0. The molecule has 0 bridgehead atoms. The zero-order chi connectivity index (χ0) is 18.9. The molecule has 0 amide bonds. The van der Waals surface area contributed by atoms with Crippen LogP contribution in [0, 0.1) is 5.82 Å². The Morgan fingerprint density at radius 2 is 1.81 bits per heavy atom. The molecule has 8 heteroatoms. The van der Waals surface area contributed by atoms with E-state index in [1.807, 2.05) is 0 Å². The molecule has 6 nitrogen and oxygen atoms in total. The van der Waals surface area contributed by atoms with Crippen LogP contribution >= 0.6 is 0 Å². The molecule has 1 aliphatic heterocycles. The number of hydrogen-bond donors (Lipinski definition) is 1. The van der Waals surface area contributed by atoms with Crippen molar-refractivity contribution in [2.75, 3.05) is 18.0 Å². The molecule has 27 heavy (non-hydrogen) atoms. The van der Waals surface area contributed by atoms with Gasteiger partial charge < -0.3 is 4.90 Å². The first-order valence-corrected chi connectivity index (χ1v) is 10.9. The monoisotopic (exact) mass is 390 g/mol. The second-order valence-electron chi connectivity index (χ2n) is 7.14. The number of rotatable bonds is 4. The van der Waals surface area contributed by atoms with Crippen molar-refractivity contribution in [1.82, 2.24) is 14.7 Å². The van der Waals surface area contributed by atoms with E-state index >= 15 is 0 Å². The predicted molar refractivity (Wildman–Crippen MR) is 101 cm³/mol. The Hall–Kier alpha value is -2.06. The van der Waals surface area contributed by atoms with E-state index in [4.69, 9.17) is 0 Å². The summed E-state index contributed by atoms with van der Waals surface area (Å²) in [5.74, 6) is 0.269.